The van der Waals surface area contributed by atoms with Gasteiger partial charge in [-0.15, -0.1) is 5.10 Å². The summed E-state index contributed by atoms with van der Waals surface area (Å²) in [6, 6.07) is 5.38. The third kappa shape index (κ3) is 2.92. The number of nitrogens with zero attached hydrogens (tertiary/aromatic N) is 3. The zero-order chi connectivity index (χ0) is 17.1. The number of benzene rings is 1. The minimum atomic E-state index is -0.276. The predicted octanol–water partition coefficient (Wildman–Crippen LogP) is 2.08. The molecule has 0 fully saturated rings. The zero-order valence-corrected chi connectivity index (χ0v) is 13.5. The van der Waals surface area contributed by atoms with Crippen LogP contribution in [-0.4, -0.2) is 33.5 Å². The van der Waals surface area contributed by atoms with Crippen molar-refractivity contribution in [2.45, 2.75) is 26.2 Å². The van der Waals surface area contributed by atoms with Crippen molar-refractivity contribution < 1.29 is 9.59 Å². The highest BCUT2D eigenvalue weighted by molar-refractivity contribution is 6.07. The molecule has 0 bridgehead atoms. The molecule has 1 aliphatic heterocycles. The Labute approximate surface area is 139 Å². The Morgan fingerprint density at radius 2 is 2.29 bits per heavy atom. The second kappa shape index (κ2) is 6.66. The van der Waals surface area contributed by atoms with Crippen LogP contribution < -0.4 is 10.2 Å². The van der Waals surface area contributed by atoms with Gasteiger partial charge in [0.1, 0.15) is 5.82 Å². The molecule has 7 nitrogen and oxygen atoms in total. The number of carbonyl (C=O) groups is 2. The lowest BCUT2D eigenvalue weighted by atomic mass is 9.95. The van der Waals surface area contributed by atoms with E-state index < -0.39 is 0 Å². The van der Waals surface area contributed by atoms with Crippen molar-refractivity contribution in [3.8, 4) is 0 Å². The summed E-state index contributed by atoms with van der Waals surface area (Å²) < 4.78 is 0. The first-order valence-electron chi connectivity index (χ1n) is 7.92. The number of aromatic amines is 1. The van der Waals surface area contributed by atoms with E-state index in [1.807, 2.05) is 13.0 Å². The molecule has 0 saturated carbocycles. The molecule has 0 atom stereocenters. The molecule has 1 aromatic carbocycles. The number of hydrogen-bond acceptors (Lipinski definition) is 4. The van der Waals surface area contributed by atoms with Crippen molar-refractivity contribution in [3.05, 3.63) is 47.8 Å². The van der Waals surface area contributed by atoms with E-state index in [2.05, 4.69) is 27.1 Å². The van der Waals surface area contributed by atoms with Crippen LogP contribution in [0, 0.1) is 0 Å². The standard InChI is InChI=1S/C17H19N5O2/c1-3-14-18-17(21-20-14)19-16(24)12-7-5-9-13-11(12)8-6-10-22(13)15(23)4-2/h4-5,7,9H,2-3,6,8,10H2,1H3,(H2,18,19,20,21,24). The van der Waals surface area contributed by atoms with Crippen LogP contribution in [0.1, 0.15) is 35.1 Å². The lowest BCUT2D eigenvalue weighted by Crippen LogP contribution is -2.35. The first kappa shape index (κ1) is 15.9. The Bertz CT molecular complexity index is 796. The average molecular weight is 325 g/mol. The van der Waals surface area contributed by atoms with Crippen LogP contribution in [0.15, 0.2) is 30.9 Å². The van der Waals surface area contributed by atoms with Gasteiger partial charge in [0.15, 0.2) is 0 Å². The molecule has 2 amide bonds. The van der Waals surface area contributed by atoms with Gasteiger partial charge in [0.25, 0.3) is 5.91 Å². The van der Waals surface area contributed by atoms with Gasteiger partial charge in [-0.1, -0.05) is 19.6 Å². The van der Waals surface area contributed by atoms with Gasteiger partial charge in [0.2, 0.25) is 11.9 Å². The second-order valence-electron chi connectivity index (χ2n) is 5.51. The monoisotopic (exact) mass is 325 g/mol. The molecule has 1 aliphatic rings. The molecule has 24 heavy (non-hydrogen) atoms. The van der Waals surface area contributed by atoms with Crippen LogP contribution in [0.2, 0.25) is 0 Å². The van der Waals surface area contributed by atoms with Crippen LogP contribution >= 0.6 is 0 Å². The highest BCUT2D eigenvalue weighted by Gasteiger charge is 2.25. The Kier molecular flexibility index (Phi) is 4.41. The van der Waals surface area contributed by atoms with Crippen molar-refractivity contribution in [2.24, 2.45) is 0 Å². The molecule has 0 radical (unpaired) electrons. The Morgan fingerprint density at radius 3 is 3.00 bits per heavy atom. The maximum Gasteiger partial charge on any atom is 0.258 e. The molecule has 0 saturated heterocycles. The van der Waals surface area contributed by atoms with E-state index in [9.17, 15) is 9.59 Å². The summed E-state index contributed by atoms with van der Waals surface area (Å²) in [7, 11) is 0. The van der Waals surface area contributed by atoms with Gasteiger partial charge in [-0.3, -0.25) is 20.0 Å². The summed E-state index contributed by atoms with van der Waals surface area (Å²) in [4.78, 5) is 30.5. The third-order valence-electron chi connectivity index (χ3n) is 4.03. The fourth-order valence-electron chi connectivity index (χ4n) is 2.85. The molecule has 0 unspecified atom stereocenters. The molecule has 124 valence electrons. The number of aromatic nitrogens is 3. The number of aryl methyl sites for hydroxylation is 1. The SMILES string of the molecule is C=CC(=O)N1CCCc2c(C(=O)Nc3n[nH]c(CC)n3)cccc21. The Balaban J connectivity index is 1.90. The first-order chi connectivity index (χ1) is 11.6. The third-order valence-corrected chi connectivity index (χ3v) is 4.03. The summed E-state index contributed by atoms with van der Waals surface area (Å²) in [5, 5.41) is 9.44. The molecule has 1 aromatic heterocycles. The fraction of sp³-hybridized carbons (Fsp3) is 0.294. The summed E-state index contributed by atoms with van der Waals surface area (Å²) in [5.41, 5.74) is 2.17. The topological polar surface area (TPSA) is 91.0 Å². The number of nitrogens with one attached hydrogen (secondary N) is 2. The predicted molar refractivity (Wildman–Crippen MR) is 91.0 cm³/mol. The number of anilines is 2. The van der Waals surface area contributed by atoms with E-state index in [4.69, 9.17) is 0 Å². The first-order valence-corrected chi connectivity index (χ1v) is 7.92. The number of fused-ring (bicyclic) bond motifs is 1. The van der Waals surface area contributed by atoms with Crippen LogP contribution in [0.25, 0.3) is 0 Å². The van der Waals surface area contributed by atoms with Gasteiger partial charge in [0.05, 0.1) is 0 Å². The van der Waals surface area contributed by atoms with E-state index in [1.165, 1.54) is 6.08 Å². The van der Waals surface area contributed by atoms with Crippen LogP contribution in [0.4, 0.5) is 11.6 Å². The number of hydrogen-bond donors (Lipinski definition) is 2. The Morgan fingerprint density at radius 1 is 1.46 bits per heavy atom. The van der Waals surface area contributed by atoms with Crippen LogP contribution in [0.3, 0.4) is 0 Å². The lowest BCUT2D eigenvalue weighted by Gasteiger charge is -2.29. The van der Waals surface area contributed by atoms with E-state index in [1.54, 1.807) is 17.0 Å². The van der Waals surface area contributed by atoms with E-state index >= 15 is 0 Å². The van der Waals surface area contributed by atoms with Gasteiger partial charge >= 0.3 is 0 Å². The molecule has 0 spiro atoms. The molecule has 3 rings (SSSR count). The largest absolute Gasteiger partial charge is 0.309 e. The van der Waals surface area contributed by atoms with Crippen molar-refractivity contribution in [1.29, 1.82) is 0 Å². The lowest BCUT2D eigenvalue weighted by molar-refractivity contribution is -0.114. The number of carbonyl (C=O) groups excluding carboxylic acids is 2. The highest BCUT2D eigenvalue weighted by atomic mass is 16.2. The Hall–Kier alpha value is -2.96. The van der Waals surface area contributed by atoms with Gasteiger partial charge in [-0.2, -0.15) is 4.98 Å². The fourth-order valence-corrected chi connectivity index (χ4v) is 2.85. The van der Waals surface area contributed by atoms with E-state index in [0.717, 1.165) is 24.1 Å². The molecule has 0 aliphatic carbocycles. The van der Waals surface area contributed by atoms with Gasteiger partial charge in [-0.05, 0) is 36.6 Å². The van der Waals surface area contributed by atoms with E-state index in [0.29, 0.717) is 24.4 Å². The zero-order valence-electron chi connectivity index (χ0n) is 13.5. The number of amides is 2. The molecule has 7 heteroatoms. The summed E-state index contributed by atoms with van der Waals surface area (Å²) in [5.74, 6) is 0.531. The van der Waals surface area contributed by atoms with Crippen molar-refractivity contribution >= 4 is 23.5 Å². The highest BCUT2D eigenvalue weighted by Crippen LogP contribution is 2.30. The number of H-pyrrole nitrogens is 1. The van der Waals surface area contributed by atoms with Gasteiger partial charge in [-0.25, -0.2) is 0 Å². The van der Waals surface area contributed by atoms with Crippen LogP contribution in [0.5, 0.6) is 0 Å². The molecule has 2 heterocycles. The van der Waals surface area contributed by atoms with E-state index in [-0.39, 0.29) is 17.8 Å². The minimum Gasteiger partial charge on any atom is -0.309 e. The second-order valence-corrected chi connectivity index (χ2v) is 5.51. The summed E-state index contributed by atoms with van der Waals surface area (Å²) >= 11 is 0. The molecular weight excluding hydrogens is 306 g/mol. The van der Waals surface area contributed by atoms with Gasteiger partial charge < -0.3 is 4.90 Å². The maximum absolute atomic E-state index is 12.6. The minimum absolute atomic E-state index is 0.157. The normalized spacial score (nSPS) is 13.3. The summed E-state index contributed by atoms with van der Waals surface area (Å²) in [6.45, 7) is 6.12. The van der Waals surface area contributed by atoms with Crippen molar-refractivity contribution in [3.63, 3.8) is 0 Å². The summed E-state index contributed by atoms with van der Waals surface area (Å²) in [6.07, 6.45) is 3.55. The molecular formula is C17H19N5O2. The maximum atomic E-state index is 12.6. The smallest absolute Gasteiger partial charge is 0.258 e. The van der Waals surface area contributed by atoms with Gasteiger partial charge in [0, 0.05) is 24.2 Å². The quantitative estimate of drug-likeness (QED) is 0.842. The average Bonchev–Trinajstić information content (AvgIpc) is 3.07. The molecule has 2 N–H and O–H groups in total. The van der Waals surface area contributed by atoms with Crippen molar-refractivity contribution in [2.75, 3.05) is 16.8 Å². The molecule has 2 aromatic rings. The van der Waals surface area contributed by atoms with Crippen molar-refractivity contribution in [1.82, 2.24) is 15.2 Å². The van der Waals surface area contributed by atoms with Crippen LogP contribution in [-0.2, 0) is 17.6 Å². The number of rotatable bonds is 4.